The number of thiophene rings is 1. The van der Waals surface area contributed by atoms with Gasteiger partial charge < -0.3 is 10.6 Å². The van der Waals surface area contributed by atoms with Gasteiger partial charge in [-0.15, -0.1) is 26.6 Å². The molecule has 4 aromatic rings. The quantitative estimate of drug-likeness (QED) is 0.398. The van der Waals surface area contributed by atoms with Crippen LogP contribution in [0.1, 0.15) is 28.2 Å². The molecule has 31 heavy (non-hydrogen) atoms. The number of benzene rings is 1. The highest BCUT2D eigenvalue weighted by Gasteiger charge is 2.11. The van der Waals surface area contributed by atoms with E-state index in [1.807, 2.05) is 36.4 Å². The number of aromatic nitrogens is 4. The van der Waals surface area contributed by atoms with Crippen LogP contribution in [-0.4, -0.2) is 32.3 Å². The number of carbonyl (C=O) groups is 1. The molecule has 160 valence electrons. The van der Waals surface area contributed by atoms with Crippen molar-refractivity contribution < 1.29 is 4.79 Å². The van der Waals surface area contributed by atoms with Gasteiger partial charge in [-0.3, -0.25) is 4.79 Å². The molecule has 0 aliphatic heterocycles. The van der Waals surface area contributed by atoms with Gasteiger partial charge in [0.15, 0.2) is 11.5 Å². The third-order valence-corrected chi connectivity index (χ3v) is 6.27. The molecule has 0 atom stereocenters. The Labute approximate surface area is 189 Å². The Morgan fingerprint density at radius 1 is 1.10 bits per heavy atom. The molecular formula is C22H23ClN6OS. The molecule has 0 aliphatic carbocycles. The number of amides is 1. The van der Waals surface area contributed by atoms with Crippen LogP contribution in [0.4, 0.5) is 5.82 Å². The molecule has 2 N–H and O–H groups in total. The predicted octanol–water partition coefficient (Wildman–Crippen LogP) is 4.05. The number of anilines is 1. The van der Waals surface area contributed by atoms with Crippen molar-refractivity contribution in [2.75, 3.05) is 11.9 Å². The number of fused-ring (bicyclic) bond motifs is 1. The molecule has 0 saturated carbocycles. The molecule has 0 saturated heterocycles. The van der Waals surface area contributed by atoms with Crippen LogP contribution >= 0.6 is 22.9 Å². The molecule has 0 bridgehead atoms. The van der Waals surface area contributed by atoms with Crippen LogP contribution in [0.5, 0.6) is 0 Å². The molecular weight excluding hydrogens is 432 g/mol. The zero-order valence-corrected chi connectivity index (χ0v) is 18.7. The van der Waals surface area contributed by atoms with Gasteiger partial charge in [-0.2, -0.15) is 4.52 Å². The van der Waals surface area contributed by atoms with E-state index in [0.717, 1.165) is 12.0 Å². The third kappa shape index (κ3) is 5.59. The van der Waals surface area contributed by atoms with Crippen molar-refractivity contribution in [1.29, 1.82) is 0 Å². The van der Waals surface area contributed by atoms with E-state index in [-0.39, 0.29) is 5.91 Å². The average Bonchev–Trinajstić information content (AvgIpc) is 3.37. The first-order chi connectivity index (χ1) is 15.1. The van der Waals surface area contributed by atoms with Gasteiger partial charge in [0, 0.05) is 35.8 Å². The van der Waals surface area contributed by atoms with E-state index in [4.69, 9.17) is 11.6 Å². The summed E-state index contributed by atoms with van der Waals surface area (Å²) in [5.74, 6) is 1.37. The van der Waals surface area contributed by atoms with Crippen molar-refractivity contribution in [1.82, 2.24) is 25.1 Å². The molecule has 0 radical (unpaired) electrons. The zero-order chi connectivity index (χ0) is 21.6. The molecule has 1 amide bonds. The smallest absolute Gasteiger partial charge is 0.220 e. The summed E-state index contributed by atoms with van der Waals surface area (Å²) < 4.78 is 1.69. The number of nitrogens with one attached hydrogen (secondary N) is 2. The molecule has 7 nitrogen and oxygen atoms in total. The van der Waals surface area contributed by atoms with Crippen LogP contribution in [0.25, 0.3) is 5.65 Å². The van der Waals surface area contributed by atoms with E-state index in [2.05, 4.69) is 44.3 Å². The minimum Gasteiger partial charge on any atom is -0.365 e. The third-order valence-electron chi connectivity index (χ3n) is 4.93. The lowest BCUT2D eigenvalue weighted by atomic mass is 10.2. The largest absolute Gasteiger partial charge is 0.365 e. The summed E-state index contributed by atoms with van der Waals surface area (Å²) in [6, 6.07) is 13.5. The Hall–Kier alpha value is -2.97. The lowest BCUT2D eigenvalue weighted by molar-refractivity contribution is -0.121. The van der Waals surface area contributed by atoms with Crippen molar-refractivity contribution in [3.05, 3.63) is 74.7 Å². The van der Waals surface area contributed by atoms with Crippen LogP contribution in [0, 0.1) is 6.92 Å². The van der Waals surface area contributed by atoms with Crippen LogP contribution in [0.2, 0.25) is 5.02 Å². The minimum absolute atomic E-state index is 0.00276. The molecule has 3 aromatic heterocycles. The fourth-order valence-corrected chi connectivity index (χ4v) is 4.20. The van der Waals surface area contributed by atoms with E-state index in [9.17, 15) is 4.79 Å². The summed E-state index contributed by atoms with van der Waals surface area (Å²) in [7, 11) is 0. The molecule has 3 heterocycles. The van der Waals surface area contributed by atoms with E-state index in [1.54, 1.807) is 15.9 Å². The van der Waals surface area contributed by atoms with Gasteiger partial charge in [0.2, 0.25) is 5.91 Å². The molecule has 0 unspecified atom stereocenters. The Kier molecular flexibility index (Phi) is 6.79. The number of carbonyl (C=O) groups excluding carboxylic acids is 1. The second-order valence-electron chi connectivity index (χ2n) is 7.21. The second kappa shape index (κ2) is 9.89. The van der Waals surface area contributed by atoms with Crippen LogP contribution in [-0.2, 0) is 24.2 Å². The fraction of sp³-hybridized carbons (Fsp3) is 0.273. The van der Waals surface area contributed by atoms with Crippen molar-refractivity contribution in [2.24, 2.45) is 0 Å². The first kappa shape index (κ1) is 21.3. The molecule has 0 spiro atoms. The van der Waals surface area contributed by atoms with Crippen molar-refractivity contribution in [3.8, 4) is 0 Å². The molecule has 4 rings (SSSR count). The SMILES string of the molecule is Cc1ccsc1CCNC(=O)CCc1nnc2ccc(NCc3ccc(Cl)cc3)nn12. The monoisotopic (exact) mass is 454 g/mol. The first-order valence-electron chi connectivity index (χ1n) is 10.1. The van der Waals surface area contributed by atoms with E-state index in [0.29, 0.717) is 48.2 Å². The Morgan fingerprint density at radius 2 is 1.94 bits per heavy atom. The lowest BCUT2D eigenvalue weighted by Crippen LogP contribution is -2.26. The highest BCUT2D eigenvalue weighted by Crippen LogP contribution is 2.15. The Balaban J connectivity index is 1.31. The van der Waals surface area contributed by atoms with E-state index in [1.165, 1.54) is 10.4 Å². The molecule has 9 heteroatoms. The van der Waals surface area contributed by atoms with E-state index < -0.39 is 0 Å². The van der Waals surface area contributed by atoms with E-state index >= 15 is 0 Å². The highest BCUT2D eigenvalue weighted by atomic mass is 35.5. The Bertz CT molecular complexity index is 1170. The number of hydrogen-bond acceptors (Lipinski definition) is 6. The minimum atomic E-state index is 0.00276. The second-order valence-corrected chi connectivity index (χ2v) is 8.65. The highest BCUT2D eigenvalue weighted by molar-refractivity contribution is 7.10. The maximum Gasteiger partial charge on any atom is 0.220 e. The summed E-state index contributed by atoms with van der Waals surface area (Å²) in [6.45, 7) is 3.35. The van der Waals surface area contributed by atoms with Crippen molar-refractivity contribution >= 4 is 40.3 Å². The maximum absolute atomic E-state index is 12.2. The number of hydrogen-bond donors (Lipinski definition) is 2. The first-order valence-corrected chi connectivity index (χ1v) is 11.3. The van der Waals surface area contributed by atoms with Gasteiger partial charge in [0.1, 0.15) is 5.82 Å². The molecule has 0 aliphatic rings. The van der Waals surface area contributed by atoms with Gasteiger partial charge in [-0.25, -0.2) is 0 Å². The van der Waals surface area contributed by atoms with Crippen molar-refractivity contribution in [2.45, 2.75) is 32.7 Å². The number of nitrogens with zero attached hydrogens (tertiary/aromatic N) is 4. The summed E-state index contributed by atoms with van der Waals surface area (Å²) in [5, 5.41) is 22.0. The molecule has 1 aromatic carbocycles. The van der Waals surface area contributed by atoms with Gasteiger partial charge >= 0.3 is 0 Å². The summed E-state index contributed by atoms with van der Waals surface area (Å²) >= 11 is 7.66. The zero-order valence-electron chi connectivity index (χ0n) is 17.1. The topological polar surface area (TPSA) is 84.2 Å². The van der Waals surface area contributed by atoms with Crippen LogP contribution in [0.3, 0.4) is 0 Å². The van der Waals surface area contributed by atoms with Gasteiger partial charge in [0.05, 0.1) is 0 Å². The van der Waals surface area contributed by atoms with Crippen LogP contribution in [0.15, 0.2) is 47.8 Å². The average molecular weight is 455 g/mol. The maximum atomic E-state index is 12.2. The predicted molar refractivity (Wildman–Crippen MR) is 124 cm³/mol. The van der Waals surface area contributed by atoms with Gasteiger partial charge in [-0.1, -0.05) is 23.7 Å². The Morgan fingerprint density at radius 3 is 2.71 bits per heavy atom. The van der Waals surface area contributed by atoms with Crippen LogP contribution < -0.4 is 10.6 Å². The molecule has 0 fully saturated rings. The number of aryl methyl sites for hydroxylation is 2. The number of halogens is 1. The summed E-state index contributed by atoms with van der Waals surface area (Å²) in [4.78, 5) is 13.5. The summed E-state index contributed by atoms with van der Waals surface area (Å²) in [6.07, 6.45) is 1.67. The fourth-order valence-electron chi connectivity index (χ4n) is 3.17. The van der Waals surface area contributed by atoms with Gasteiger partial charge in [-0.05, 0) is 60.2 Å². The summed E-state index contributed by atoms with van der Waals surface area (Å²) in [5.41, 5.74) is 3.03. The van der Waals surface area contributed by atoms with Crippen molar-refractivity contribution in [3.63, 3.8) is 0 Å². The number of rotatable bonds is 9. The van der Waals surface area contributed by atoms with Gasteiger partial charge in [0.25, 0.3) is 0 Å². The lowest BCUT2D eigenvalue weighted by Gasteiger charge is -2.07. The standard InChI is InChI=1S/C22H23ClN6OS/c1-15-11-13-31-18(15)10-12-24-22(30)9-8-21-27-26-20-7-6-19(28-29(20)21)25-14-16-2-4-17(23)5-3-16/h2-7,11,13H,8-10,12,14H2,1H3,(H,24,30)(H,25,28). The normalized spacial score (nSPS) is 11.0.